The third-order valence-corrected chi connectivity index (χ3v) is 4.32. The van der Waals surface area contributed by atoms with Crippen molar-refractivity contribution in [2.24, 2.45) is 0 Å². The molecule has 1 aliphatic heterocycles. The highest BCUT2D eigenvalue weighted by atomic mass is 32.1. The van der Waals surface area contributed by atoms with Crippen molar-refractivity contribution in [3.8, 4) is 5.69 Å². The first-order valence-electron chi connectivity index (χ1n) is 6.62. The van der Waals surface area contributed by atoms with E-state index in [1.165, 1.54) is 4.57 Å². The monoisotopic (exact) mass is 327 g/mol. The highest BCUT2D eigenvalue weighted by Crippen LogP contribution is 2.26. The number of nitrogens with one attached hydrogen (secondary N) is 1. The predicted octanol–water partition coefficient (Wildman–Crippen LogP) is 0.616. The molecule has 3 aromatic rings. The van der Waals surface area contributed by atoms with Gasteiger partial charge in [0.15, 0.2) is 0 Å². The van der Waals surface area contributed by atoms with Crippen molar-refractivity contribution in [2.45, 2.75) is 6.92 Å². The summed E-state index contributed by atoms with van der Waals surface area (Å²) in [5.41, 5.74) is 8.16. The number of nitrogens with two attached hydrogens (primary N) is 1. The van der Waals surface area contributed by atoms with Crippen LogP contribution in [0.2, 0.25) is 0 Å². The van der Waals surface area contributed by atoms with Crippen LogP contribution in [0.4, 0.5) is 5.82 Å². The van der Waals surface area contributed by atoms with Crippen LogP contribution in [0.5, 0.6) is 0 Å². The smallest absolute Gasteiger partial charge is 0.262 e. The third kappa shape index (κ3) is 1.80. The van der Waals surface area contributed by atoms with Crippen LogP contribution < -0.4 is 16.6 Å². The molecule has 1 aromatic carbocycles. The molecule has 0 fully saturated rings. The van der Waals surface area contributed by atoms with Gasteiger partial charge in [0.25, 0.3) is 17.4 Å². The Morgan fingerprint density at radius 2 is 1.78 bits per heavy atom. The van der Waals surface area contributed by atoms with Crippen molar-refractivity contribution < 1.29 is 9.59 Å². The van der Waals surface area contributed by atoms with E-state index in [9.17, 15) is 14.4 Å². The molecule has 4 rings (SSSR count). The second-order valence-corrected chi connectivity index (χ2v) is 5.70. The van der Waals surface area contributed by atoms with Gasteiger partial charge in [-0.2, -0.15) is 8.75 Å². The molecule has 0 unspecified atom stereocenters. The van der Waals surface area contributed by atoms with E-state index in [-0.39, 0.29) is 16.9 Å². The lowest BCUT2D eigenvalue weighted by Gasteiger charge is -2.14. The van der Waals surface area contributed by atoms with Gasteiger partial charge in [-0.3, -0.25) is 24.3 Å². The summed E-state index contributed by atoms with van der Waals surface area (Å²) in [7, 11) is 0. The van der Waals surface area contributed by atoms with Gasteiger partial charge in [-0.05, 0) is 24.6 Å². The van der Waals surface area contributed by atoms with E-state index in [1.54, 1.807) is 19.1 Å². The molecule has 0 bridgehead atoms. The lowest BCUT2D eigenvalue weighted by molar-refractivity contribution is 0.0880. The summed E-state index contributed by atoms with van der Waals surface area (Å²) < 4.78 is 9.50. The molecule has 0 aliphatic carbocycles. The highest BCUT2D eigenvalue weighted by molar-refractivity contribution is 7.00. The number of hydrogen-bond acceptors (Lipinski definition) is 7. The maximum atomic E-state index is 12.4. The number of fused-ring (bicyclic) bond motifs is 2. The standard InChI is InChI=1S/C14H9N5O3S/c1-5-2-7-8(18-23-17-7)4-9(5)19-10(20)3-6-11(12(19)15)14(22)16-13(6)21/h2-4H,15H2,1H3,(H,16,21,22). The van der Waals surface area contributed by atoms with E-state index in [1.807, 2.05) is 0 Å². The van der Waals surface area contributed by atoms with Gasteiger partial charge in [-0.15, -0.1) is 0 Å². The maximum absolute atomic E-state index is 12.4. The molecule has 3 N–H and O–H groups in total. The van der Waals surface area contributed by atoms with E-state index in [2.05, 4.69) is 14.1 Å². The molecule has 3 heterocycles. The summed E-state index contributed by atoms with van der Waals surface area (Å²) in [4.78, 5) is 36.0. The Bertz CT molecular complexity index is 1080. The van der Waals surface area contributed by atoms with Crippen molar-refractivity contribution in [1.29, 1.82) is 0 Å². The van der Waals surface area contributed by atoms with E-state index < -0.39 is 17.4 Å². The molecule has 23 heavy (non-hydrogen) atoms. The van der Waals surface area contributed by atoms with E-state index >= 15 is 0 Å². The molecule has 8 nitrogen and oxygen atoms in total. The SMILES string of the molecule is Cc1cc2nsnc2cc1-n1c(N)c2c(cc1=O)C(=O)NC2=O. The Balaban J connectivity index is 2.08. The van der Waals surface area contributed by atoms with Crippen LogP contribution in [0.1, 0.15) is 26.3 Å². The Kier molecular flexibility index (Phi) is 2.64. The number of aromatic nitrogens is 3. The number of carbonyl (C=O) groups is 2. The van der Waals surface area contributed by atoms with Crippen molar-refractivity contribution >= 4 is 40.4 Å². The van der Waals surface area contributed by atoms with Gasteiger partial charge < -0.3 is 5.73 Å². The number of nitrogen functional groups attached to an aromatic ring is 1. The molecule has 2 amide bonds. The summed E-state index contributed by atoms with van der Waals surface area (Å²) in [6, 6.07) is 4.60. The Morgan fingerprint density at radius 3 is 2.52 bits per heavy atom. The molecule has 9 heteroatoms. The number of pyridine rings is 1. The van der Waals surface area contributed by atoms with Gasteiger partial charge in [0.2, 0.25) is 0 Å². The minimum atomic E-state index is -0.614. The van der Waals surface area contributed by atoms with E-state index in [0.29, 0.717) is 11.2 Å². The largest absolute Gasteiger partial charge is 0.384 e. The van der Waals surface area contributed by atoms with Gasteiger partial charge in [0.1, 0.15) is 16.9 Å². The number of nitrogens with zero attached hydrogens (tertiary/aromatic N) is 3. The average molecular weight is 327 g/mol. The number of rotatable bonds is 1. The van der Waals surface area contributed by atoms with Crippen molar-refractivity contribution in [2.75, 3.05) is 5.73 Å². The fourth-order valence-corrected chi connectivity index (χ4v) is 3.20. The molecule has 2 aromatic heterocycles. The number of aryl methyl sites for hydroxylation is 1. The van der Waals surface area contributed by atoms with Crippen LogP contribution in [-0.4, -0.2) is 25.1 Å². The van der Waals surface area contributed by atoms with Crippen LogP contribution >= 0.6 is 11.7 Å². The zero-order valence-corrected chi connectivity index (χ0v) is 12.6. The normalized spacial score (nSPS) is 13.4. The Hall–Kier alpha value is -3.07. The fourth-order valence-electron chi connectivity index (χ4n) is 2.69. The summed E-state index contributed by atoms with van der Waals surface area (Å²) in [5, 5.41) is 2.14. The van der Waals surface area contributed by atoms with Crippen LogP contribution in [-0.2, 0) is 0 Å². The van der Waals surface area contributed by atoms with Gasteiger partial charge in [0, 0.05) is 6.07 Å². The fraction of sp³-hybridized carbons (Fsp3) is 0.0714. The molecule has 1 aliphatic rings. The minimum absolute atomic E-state index is 0.00260. The first-order chi connectivity index (χ1) is 11.0. The second kappa shape index (κ2) is 4.46. The van der Waals surface area contributed by atoms with Gasteiger partial charge in [-0.25, -0.2) is 0 Å². The number of hydrogen-bond donors (Lipinski definition) is 2. The zero-order valence-electron chi connectivity index (χ0n) is 11.8. The van der Waals surface area contributed by atoms with Gasteiger partial charge >= 0.3 is 0 Å². The summed E-state index contributed by atoms with van der Waals surface area (Å²) in [6.07, 6.45) is 0. The Labute approximate surface area is 132 Å². The molecule has 0 spiro atoms. The minimum Gasteiger partial charge on any atom is -0.384 e. The van der Waals surface area contributed by atoms with E-state index in [4.69, 9.17) is 5.73 Å². The number of amides is 2. The number of imide groups is 1. The lowest BCUT2D eigenvalue weighted by Crippen LogP contribution is -2.24. The summed E-state index contributed by atoms with van der Waals surface area (Å²) in [6.45, 7) is 1.80. The third-order valence-electron chi connectivity index (χ3n) is 3.77. The first-order valence-corrected chi connectivity index (χ1v) is 7.35. The maximum Gasteiger partial charge on any atom is 0.262 e. The molecule has 114 valence electrons. The summed E-state index contributed by atoms with van der Waals surface area (Å²) >= 11 is 1.07. The number of benzene rings is 1. The number of anilines is 1. The van der Waals surface area contributed by atoms with Crippen molar-refractivity contribution in [3.63, 3.8) is 0 Å². The lowest BCUT2D eigenvalue weighted by atomic mass is 10.1. The van der Waals surface area contributed by atoms with Gasteiger partial charge in [-0.1, -0.05) is 0 Å². The molecule has 0 saturated heterocycles. The van der Waals surface area contributed by atoms with Crippen LogP contribution in [0.15, 0.2) is 23.0 Å². The Morgan fingerprint density at radius 1 is 1.09 bits per heavy atom. The second-order valence-electron chi connectivity index (χ2n) is 5.17. The molecule has 0 atom stereocenters. The van der Waals surface area contributed by atoms with Crippen LogP contribution in [0.3, 0.4) is 0 Å². The topological polar surface area (TPSA) is 120 Å². The van der Waals surface area contributed by atoms with Crippen LogP contribution in [0, 0.1) is 6.92 Å². The number of carbonyl (C=O) groups excluding carboxylic acids is 2. The zero-order chi connectivity index (χ0) is 16.3. The molecular formula is C14H9N5O3S. The quantitative estimate of drug-likeness (QED) is 0.632. The summed E-state index contributed by atoms with van der Waals surface area (Å²) in [5.74, 6) is -1.29. The molecule has 0 saturated carbocycles. The van der Waals surface area contributed by atoms with Crippen molar-refractivity contribution in [1.82, 2.24) is 18.6 Å². The van der Waals surface area contributed by atoms with Crippen LogP contribution in [0.25, 0.3) is 16.7 Å². The van der Waals surface area contributed by atoms with E-state index in [0.717, 1.165) is 28.9 Å². The predicted molar refractivity (Wildman–Crippen MR) is 84.0 cm³/mol. The average Bonchev–Trinajstić information content (AvgIpc) is 3.03. The van der Waals surface area contributed by atoms with Crippen molar-refractivity contribution in [3.05, 3.63) is 45.2 Å². The molecule has 0 radical (unpaired) electrons. The van der Waals surface area contributed by atoms with Gasteiger partial charge in [0.05, 0.1) is 28.5 Å². The molecular weight excluding hydrogens is 318 g/mol. The first kappa shape index (κ1) is 13.6. The highest BCUT2D eigenvalue weighted by Gasteiger charge is 2.32.